The van der Waals surface area contributed by atoms with Gasteiger partial charge in [0.15, 0.2) is 0 Å². The normalized spacial score (nSPS) is 10.9. The second kappa shape index (κ2) is 16.3. The molecule has 14 nitrogen and oxygen atoms in total. The highest BCUT2D eigenvalue weighted by molar-refractivity contribution is 7.85. The van der Waals surface area contributed by atoms with E-state index < -0.39 is 22.1 Å². The third-order valence-corrected chi connectivity index (χ3v) is 7.68. The number of hydrogen-bond acceptors (Lipinski definition) is 11. The van der Waals surface area contributed by atoms with E-state index in [0.29, 0.717) is 30.3 Å². The van der Waals surface area contributed by atoms with Gasteiger partial charge < -0.3 is 30.3 Å². The lowest BCUT2D eigenvalue weighted by atomic mass is 10.2. The molecule has 0 atom stereocenters. The highest BCUT2D eigenvalue weighted by atomic mass is 35.5. The van der Waals surface area contributed by atoms with Crippen molar-refractivity contribution in [2.75, 3.05) is 73.0 Å². The smallest absolute Gasteiger partial charge is 0.327 e. The van der Waals surface area contributed by atoms with Crippen LogP contribution in [0, 0.1) is 0 Å². The van der Waals surface area contributed by atoms with Gasteiger partial charge in [-0.25, -0.2) is 14.8 Å². The number of halogens is 2. The van der Waals surface area contributed by atoms with Gasteiger partial charge in [0, 0.05) is 38.0 Å². The van der Waals surface area contributed by atoms with Crippen molar-refractivity contribution in [1.82, 2.24) is 9.97 Å². The van der Waals surface area contributed by atoms with E-state index in [1.165, 1.54) is 44.6 Å². The van der Waals surface area contributed by atoms with E-state index >= 15 is 0 Å². The van der Waals surface area contributed by atoms with E-state index in [-0.39, 0.29) is 39.7 Å². The van der Waals surface area contributed by atoms with Crippen LogP contribution in [0.5, 0.6) is 11.5 Å². The van der Waals surface area contributed by atoms with Crippen molar-refractivity contribution in [1.29, 1.82) is 0 Å². The van der Waals surface area contributed by atoms with Crippen LogP contribution >= 0.6 is 23.2 Å². The van der Waals surface area contributed by atoms with Gasteiger partial charge in [-0.2, -0.15) is 8.42 Å². The van der Waals surface area contributed by atoms with Crippen molar-refractivity contribution < 1.29 is 31.7 Å². The minimum Gasteiger partial charge on any atom is -0.495 e. The van der Waals surface area contributed by atoms with Crippen molar-refractivity contribution in [3.63, 3.8) is 0 Å². The lowest BCUT2D eigenvalue weighted by molar-refractivity contribution is -0.111. The van der Waals surface area contributed by atoms with Crippen LogP contribution in [0.2, 0.25) is 10.0 Å². The molecule has 17 heteroatoms. The monoisotopic (exact) mass is 695 g/mol. The number of carbonyl (C=O) groups is 2. The summed E-state index contributed by atoms with van der Waals surface area (Å²) in [4.78, 5) is 37.1. The molecule has 1 aromatic heterocycles. The molecule has 248 valence electrons. The maximum atomic E-state index is 13.2. The predicted octanol–water partition coefficient (Wildman–Crippen LogP) is 5.53. The van der Waals surface area contributed by atoms with Crippen molar-refractivity contribution in [2.45, 2.75) is 13.3 Å². The molecule has 0 bridgehead atoms. The fourth-order valence-corrected chi connectivity index (χ4v) is 5.06. The number of methoxy groups -OCH3 is 2. The summed E-state index contributed by atoms with van der Waals surface area (Å²) in [5.41, 5.74) is 1.68. The van der Waals surface area contributed by atoms with Gasteiger partial charge >= 0.3 is 6.03 Å². The molecule has 0 fully saturated rings. The summed E-state index contributed by atoms with van der Waals surface area (Å²) in [5, 5.41) is 8.74. The summed E-state index contributed by atoms with van der Waals surface area (Å²) in [5.74, 6) is 0.566. The molecule has 0 aliphatic rings. The number of carbonyl (C=O) groups excluding carboxylic acids is 2. The first-order valence-electron chi connectivity index (χ1n) is 13.7. The van der Waals surface area contributed by atoms with Crippen LogP contribution in [0.25, 0.3) is 0 Å². The molecule has 0 saturated heterocycles. The average Bonchev–Trinajstić information content (AvgIpc) is 3.02. The fraction of sp³-hybridized carbons (Fsp3) is 0.310. The third kappa shape index (κ3) is 9.59. The zero-order valence-corrected chi connectivity index (χ0v) is 28.2. The number of urea groups is 1. The molecule has 0 aliphatic carbocycles. The SMILES string of the molecule is C=CC(=O)Nc1cc(N(CCC)CCOS(C)(=O)=O)ccc1Nc1cc(N(C)C(=O)Nc2c(Cl)c(OC)cc(OC)c2Cl)ncn1. The maximum Gasteiger partial charge on any atom is 0.327 e. The van der Waals surface area contributed by atoms with Gasteiger partial charge in [-0.15, -0.1) is 0 Å². The Morgan fingerprint density at radius 2 is 1.67 bits per heavy atom. The summed E-state index contributed by atoms with van der Waals surface area (Å²) in [6.45, 7) is 6.37. The number of anilines is 6. The first kappa shape index (κ1) is 36.2. The molecular formula is C29H35Cl2N7O7S. The van der Waals surface area contributed by atoms with Gasteiger partial charge in [0.1, 0.15) is 39.5 Å². The number of amides is 3. The van der Waals surface area contributed by atoms with Crippen LogP contribution in [-0.2, 0) is 19.1 Å². The van der Waals surface area contributed by atoms with Crippen LogP contribution in [0.15, 0.2) is 49.3 Å². The van der Waals surface area contributed by atoms with Crippen LogP contribution < -0.4 is 35.2 Å². The van der Waals surface area contributed by atoms with Crippen LogP contribution in [0.1, 0.15) is 13.3 Å². The standard InChI is InChI=1S/C29H35Cl2N7O7S/c1-7-11-38(12-13-45-46(6,41)42)18-9-10-19(20(14-18)35-25(39)8-2)34-23-16-24(33-17-32-23)37(3)29(40)36-28-26(30)21(43-4)15-22(44-5)27(28)31/h8-10,14-17H,2,7,11-13H2,1,3-6H3,(H,35,39)(H,36,40)(H,32,33,34). The van der Waals surface area contributed by atoms with E-state index in [9.17, 15) is 18.0 Å². The summed E-state index contributed by atoms with van der Waals surface area (Å²) in [7, 11) is 0.730. The molecule has 3 aromatic rings. The van der Waals surface area contributed by atoms with Crippen molar-refractivity contribution in [3.05, 3.63) is 59.4 Å². The zero-order valence-electron chi connectivity index (χ0n) is 25.9. The Bertz CT molecular complexity index is 1660. The van der Waals surface area contributed by atoms with Gasteiger partial charge in [0.25, 0.3) is 10.1 Å². The second-order valence-corrected chi connectivity index (χ2v) is 12.0. The van der Waals surface area contributed by atoms with Crippen molar-refractivity contribution >= 4 is 79.6 Å². The molecular weight excluding hydrogens is 661 g/mol. The second-order valence-electron chi connectivity index (χ2n) is 9.60. The van der Waals surface area contributed by atoms with Crippen LogP contribution in [0.3, 0.4) is 0 Å². The number of rotatable bonds is 15. The van der Waals surface area contributed by atoms with E-state index in [1.807, 2.05) is 11.8 Å². The number of benzene rings is 2. The van der Waals surface area contributed by atoms with E-state index in [0.717, 1.165) is 24.4 Å². The lowest BCUT2D eigenvalue weighted by Crippen LogP contribution is -2.32. The Labute approximate surface area is 277 Å². The Hall–Kier alpha value is -4.31. The van der Waals surface area contributed by atoms with Crippen molar-refractivity contribution in [2.24, 2.45) is 0 Å². The highest BCUT2D eigenvalue weighted by Gasteiger charge is 2.22. The quantitative estimate of drug-likeness (QED) is 0.135. The van der Waals surface area contributed by atoms with Gasteiger partial charge in [0.05, 0.1) is 44.1 Å². The predicted molar refractivity (Wildman–Crippen MR) is 181 cm³/mol. The van der Waals surface area contributed by atoms with E-state index in [4.69, 9.17) is 36.9 Å². The molecule has 1 heterocycles. The average molecular weight is 697 g/mol. The molecule has 3 amide bonds. The Morgan fingerprint density at radius 3 is 2.26 bits per heavy atom. The highest BCUT2D eigenvalue weighted by Crippen LogP contribution is 2.44. The summed E-state index contributed by atoms with van der Waals surface area (Å²) in [6, 6.07) is 7.67. The van der Waals surface area contributed by atoms with E-state index in [2.05, 4.69) is 32.5 Å². The number of nitrogens with one attached hydrogen (secondary N) is 3. The summed E-state index contributed by atoms with van der Waals surface area (Å²) < 4.78 is 38.3. The number of hydrogen-bond donors (Lipinski definition) is 3. The Kier molecular flexibility index (Phi) is 12.8. The zero-order chi connectivity index (χ0) is 34.0. The Balaban J connectivity index is 1.87. The molecule has 0 saturated carbocycles. The Morgan fingerprint density at radius 1 is 1.00 bits per heavy atom. The van der Waals surface area contributed by atoms with Gasteiger partial charge in [-0.1, -0.05) is 36.7 Å². The topological polar surface area (TPSA) is 164 Å². The molecule has 0 spiro atoms. The van der Waals surface area contributed by atoms with Crippen LogP contribution in [-0.4, -0.2) is 77.5 Å². The van der Waals surface area contributed by atoms with E-state index in [1.54, 1.807) is 18.2 Å². The van der Waals surface area contributed by atoms with Crippen LogP contribution in [0.4, 0.5) is 39.2 Å². The molecule has 3 rings (SSSR count). The molecule has 3 N–H and O–H groups in total. The summed E-state index contributed by atoms with van der Waals surface area (Å²) >= 11 is 12.8. The van der Waals surface area contributed by atoms with Gasteiger partial charge in [0.2, 0.25) is 5.91 Å². The molecule has 0 aliphatic heterocycles. The molecule has 0 radical (unpaired) electrons. The maximum absolute atomic E-state index is 13.2. The molecule has 0 unspecified atom stereocenters. The minimum absolute atomic E-state index is 0.0399. The first-order chi connectivity index (χ1) is 21.8. The number of ether oxygens (including phenoxy) is 2. The van der Waals surface area contributed by atoms with Gasteiger partial charge in [-0.3, -0.25) is 13.9 Å². The third-order valence-electron chi connectivity index (χ3n) is 6.33. The van der Waals surface area contributed by atoms with Gasteiger partial charge in [-0.05, 0) is 30.7 Å². The minimum atomic E-state index is -3.59. The largest absolute Gasteiger partial charge is 0.495 e. The number of aromatic nitrogens is 2. The lowest BCUT2D eigenvalue weighted by Gasteiger charge is -2.25. The molecule has 46 heavy (non-hydrogen) atoms. The number of nitrogens with zero attached hydrogens (tertiary/aromatic N) is 4. The first-order valence-corrected chi connectivity index (χ1v) is 16.3. The summed E-state index contributed by atoms with van der Waals surface area (Å²) in [6.07, 6.45) is 4.17. The fourth-order valence-electron chi connectivity index (χ4n) is 4.09. The van der Waals surface area contributed by atoms with Crippen molar-refractivity contribution in [3.8, 4) is 11.5 Å². The molecule has 2 aromatic carbocycles.